The smallest absolute Gasteiger partial charge is 0.389 e. The predicted octanol–water partition coefficient (Wildman–Crippen LogP) is 4.29. The van der Waals surface area contributed by atoms with Gasteiger partial charge in [0.15, 0.2) is 0 Å². The summed E-state index contributed by atoms with van der Waals surface area (Å²) < 4.78 is 49.1. The molecule has 2 aromatic carbocycles. The minimum absolute atomic E-state index is 0.126. The molecule has 13 heteroatoms. The molecular formula is C29H37F3N4O6. The van der Waals surface area contributed by atoms with Gasteiger partial charge in [0.05, 0.1) is 39.1 Å². The third kappa shape index (κ3) is 9.26. The molecular weight excluding hydrogens is 557 g/mol. The van der Waals surface area contributed by atoms with E-state index in [1.165, 1.54) is 17.0 Å². The van der Waals surface area contributed by atoms with Crippen molar-refractivity contribution in [3.05, 3.63) is 48.0 Å². The molecule has 10 nitrogen and oxygen atoms in total. The fraction of sp³-hybridized carbons (Fsp3) is 0.483. The van der Waals surface area contributed by atoms with Gasteiger partial charge in [-0.1, -0.05) is 6.92 Å². The first-order valence-electron chi connectivity index (χ1n) is 13.5. The van der Waals surface area contributed by atoms with E-state index in [0.717, 1.165) is 0 Å². The average Bonchev–Trinajstić information content (AvgIpc) is 2.99. The zero-order valence-corrected chi connectivity index (χ0v) is 24.0. The number of ether oxygens (including phenoxy) is 2. The van der Waals surface area contributed by atoms with Gasteiger partial charge in [0.2, 0.25) is 11.8 Å². The number of aliphatic hydroxyl groups is 1. The number of nitrogens with one attached hydrogen (secondary N) is 2. The lowest BCUT2D eigenvalue weighted by Crippen LogP contribution is -2.48. The number of fused-ring (bicyclic) bond motifs is 1. The first-order valence-corrected chi connectivity index (χ1v) is 13.5. The molecule has 0 bridgehead atoms. The third-order valence-corrected chi connectivity index (χ3v) is 6.98. The number of carbonyl (C=O) groups excluding carboxylic acids is 3. The predicted molar refractivity (Wildman–Crippen MR) is 151 cm³/mol. The van der Waals surface area contributed by atoms with Gasteiger partial charge in [0, 0.05) is 42.9 Å². The molecule has 0 fully saturated rings. The molecule has 0 aromatic heterocycles. The van der Waals surface area contributed by atoms with Crippen LogP contribution >= 0.6 is 0 Å². The summed E-state index contributed by atoms with van der Waals surface area (Å²) in [6, 6.07) is 10.5. The van der Waals surface area contributed by atoms with E-state index in [1.807, 2.05) is 6.92 Å². The van der Waals surface area contributed by atoms with Crippen LogP contribution in [0.3, 0.4) is 0 Å². The van der Waals surface area contributed by atoms with Crippen LogP contribution in [-0.2, 0) is 16.0 Å². The van der Waals surface area contributed by atoms with Gasteiger partial charge >= 0.3 is 12.2 Å². The van der Waals surface area contributed by atoms with Crippen molar-refractivity contribution in [2.75, 3.05) is 44.5 Å². The Hall–Kier alpha value is -4.00. The molecule has 230 valence electrons. The number of rotatable bonds is 9. The summed E-state index contributed by atoms with van der Waals surface area (Å²) in [6.45, 7) is 3.72. The Labute approximate surface area is 242 Å². The molecule has 2 aromatic rings. The first kappa shape index (κ1) is 32.5. The van der Waals surface area contributed by atoms with E-state index in [-0.39, 0.29) is 49.7 Å². The second-order valence-electron chi connectivity index (χ2n) is 10.4. The SMILES string of the molecule is COc1ccc(NC(=O)N(C)C[C@H]2Oc3ccc(NC(=O)CCC(F)(F)F)cc3CC(=O)N([C@H](C)CO)C[C@@H]2C)cc1. The van der Waals surface area contributed by atoms with Crippen molar-refractivity contribution in [1.82, 2.24) is 9.80 Å². The molecule has 0 saturated carbocycles. The maximum absolute atomic E-state index is 13.3. The van der Waals surface area contributed by atoms with Crippen LogP contribution < -0.4 is 20.1 Å². The monoisotopic (exact) mass is 594 g/mol. The highest BCUT2D eigenvalue weighted by atomic mass is 19.4. The minimum atomic E-state index is -4.46. The number of hydrogen-bond donors (Lipinski definition) is 3. The van der Waals surface area contributed by atoms with E-state index in [9.17, 15) is 32.7 Å². The number of nitrogens with zero attached hydrogens (tertiary/aromatic N) is 2. The number of carbonyl (C=O) groups is 3. The molecule has 0 saturated heterocycles. The van der Waals surface area contributed by atoms with E-state index in [4.69, 9.17) is 9.47 Å². The second kappa shape index (κ2) is 14.3. The van der Waals surface area contributed by atoms with Crippen LogP contribution in [0.15, 0.2) is 42.5 Å². The fourth-order valence-electron chi connectivity index (χ4n) is 4.45. The second-order valence-corrected chi connectivity index (χ2v) is 10.4. The summed E-state index contributed by atoms with van der Waals surface area (Å²) >= 11 is 0. The lowest BCUT2D eigenvalue weighted by atomic mass is 10.0. The normalized spacial score (nSPS) is 18.0. The molecule has 3 N–H and O–H groups in total. The van der Waals surface area contributed by atoms with E-state index in [2.05, 4.69) is 10.6 Å². The molecule has 3 rings (SSSR count). The van der Waals surface area contributed by atoms with Gasteiger partial charge in [-0.05, 0) is 49.4 Å². The topological polar surface area (TPSA) is 120 Å². The van der Waals surface area contributed by atoms with Gasteiger partial charge in [-0.2, -0.15) is 13.2 Å². The van der Waals surface area contributed by atoms with Crippen LogP contribution in [0.1, 0.15) is 32.3 Å². The lowest BCUT2D eigenvalue weighted by Gasteiger charge is -2.34. The van der Waals surface area contributed by atoms with Crippen molar-refractivity contribution >= 4 is 29.2 Å². The number of aliphatic hydroxyl groups excluding tert-OH is 1. The van der Waals surface area contributed by atoms with E-state index < -0.39 is 37.1 Å². The number of benzene rings is 2. The van der Waals surface area contributed by atoms with Crippen molar-refractivity contribution < 1.29 is 42.1 Å². The first-order chi connectivity index (χ1) is 19.8. The summed E-state index contributed by atoms with van der Waals surface area (Å²) in [5, 5.41) is 15.1. The third-order valence-electron chi connectivity index (χ3n) is 6.98. The van der Waals surface area contributed by atoms with Crippen LogP contribution in [-0.4, -0.2) is 84.9 Å². The van der Waals surface area contributed by atoms with E-state index in [0.29, 0.717) is 22.7 Å². The summed E-state index contributed by atoms with van der Waals surface area (Å²) in [6.07, 6.45) is -7.15. The molecule has 0 spiro atoms. The Morgan fingerprint density at radius 2 is 1.83 bits per heavy atom. The standard InChI is InChI=1S/C29H37F3N4O6/c1-18-15-36(19(2)17-37)27(39)14-20-13-22(33-26(38)11-12-29(30,31)32)7-10-24(20)42-25(18)16-35(3)28(40)34-21-5-8-23(41-4)9-6-21/h5-10,13,18-19,25,37H,11-12,14-17H2,1-4H3,(H,33,38)(H,34,40)/t18-,19+,25+/m0/s1. The number of anilines is 2. The van der Waals surface area contributed by atoms with E-state index in [1.54, 1.807) is 56.3 Å². The summed E-state index contributed by atoms with van der Waals surface area (Å²) in [5.41, 5.74) is 1.20. The molecule has 0 aliphatic carbocycles. The quantitative estimate of drug-likeness (QED) is 0.399. The average molecular weight is 595 g/mol. The number of alkyl halides is 3. The molecule has 4 amide bonds. The Morgan fingerprint density at radius 1 is 1.17 bits per heavy atom. The highest BCUT2D eigenvalue weighted by Crippen LogP contribution is 2.30. The zero-order chi connectivity index (χ0) is 31.0. The fourth-order valence-corrected chi connectivity index (χ4v) is 4.45. The molecule has 1 heterocycles. The largest absolute Gasteiger partial charge is 0.497 e. The Balaban J connectivity index is 1.83. The number of likely N-dealkylation sites (N-methyl/N-ethyl adjacent to an activating group) is 1. The van der Waals surface area contributed by atoms with Gasteiger partial charge in [-0.25, -0.2) is 4.79 Å². The minimum Gasteiger partial charge on any atom is -0.497 e. The summed E-state index contributed by atoms with van der Waals surface area (Å²) in [5.74, 6) is -0.384. The van der Waals surface area contributed by atoms with Crippen molar-refractivity contribution in [2.45, 2.75) is 51.4 Å². The molecule has 42 heavy (non-hydrogen) atoms. The Bertz CT molecular complexity index is 1240. The van der Waals surface area contributed by atoms with Crippen LogP contribution in [0.25, 0.3) is 0 Å². The number of amides is 4. The van der Waals surface area contributed by atoms with Crippen molar-refractivity contribution in [3.8, 4) is 11.5 Å². The maximum atomic E-state index is 13.3. The van der Waals surface area contributed by atoms with Crippen molar-refractivity contribution in [1.29, 1.82) is 0 Å². The van der Waals surface area contributed by atoms with Crippen molar-refractivity contribution in [3.63, 3.8) is 0 Å². The lowest BCUT2D eigenvalue weighted by molar-refractivity contribution is -0.142. The number of halogens is 3. The number of urea groups is 1. The van der Waals surface area contributed by atoms with Crippen LogP contribution in [0.4, 0.5) is 29.3 Å². The zero-order valence-electron chi connectivity index (χ0n) is 24.0. The molecule has 3 atom stereocenters. The van der Waals surface area contributed by atoms with Gasteiger partial charge in [0.1, 0.15) is 17.6 Å². The molecule has 1 aliphatic rings. The summed E-state index contributed by atoms with van der Waals surface area (Å²) in [7, 11) is 3.16. The van der Waals surface area contributed by atoms with Crippen molar-refractivity contribution in [2.24, 2.45) is 5.92 Å². The van der Waals surface area contributed by atoms with Crippen LogP contribution in [0.5, 0.6) is 11.5 Å². The Kier molecular flexibility index (Phi) is 11.0. The van der Waals surface area contributed by atoms with Gasteiger partial charge in [-0.15, -0.1) is 0 Å². The Morgan fingerprint density at radius 3 is 2.45 bits per heavy atom. The highest BCUT2D eigenvalue weighted by molar-refractivity contribution is 5.91. The number of methoxy groups -OCH3 is 1. The van der Waals surface area contributed by atoms with Gasteiger partial charge in [0.25, 0.3) is 0 Å². The molecule has 0 unspecified atom stereocenters. The van der Waals surface area contributed by atoms with Gasteiger partial charge in [-0.3, -0.25) is 9.59 Å². The van der Waals surface area contributed by atoms with E-state index >= 15 is 0 Å². The highest BCUT2D eigenvalue weighted by Gasteiger charge is 2.32. The number of hydrogen-bond acceptors (Lipinski definition) is 6. The van der Waals surface area contributed by atoms with Crippen LogP contribution in [0, 0.1) is 5.92 Å². The summed E-state index contributed by atoms with van der Waals surface area (Å²) in [4.78, 5) is 41.4. The van der Waals surface area contributed by atoms with Gasteiger partial charge < -0.3 is 35.0 Å². The van der Waals surface area contributed by atoms with Crippen LogP contribution in [0.2, 0.25) is 0 Å². The maximum Gasteiger partial charge on any atom is 0.389 e. The molecule has 0 radical (unpaired) electrons. The molecule has 1 aliphatic heterocycles.